The number of carbonyl (C=O) groups is 3. The van der Waals surface area contributed by atoms with E-state index in [1.807, 2.05) is 0 Å². The topological polar surface area (TPSA) is 141 Å². The van der Waals surface area contributed by atoms with Crippen molar-refractivity contribution in [3.8, 4) is 0 Å². The summed E-state index contributed by atoms with van der Waals surface area (Å²) < 4.78 is 5.26. The predicted molar refractivity (Wildman–Crippen MR) is 132 cm³/mol. The van der Waals surface area contributed by atoms with Gasteiger partial charge in [0.05, 0.1) is 5.60 Å². The van der Waals surface area contributed by atoms with Crippen LogP contribution in [0.15, 0.2) is 12.1 Å². The summed E-state index contributed by atoms with van der Waals surface area (Å²) in [4.78, 5) is 43.6. The van der Waals surface area contributed by atoms with Crippen molar-refractivity contribution in [1.29, 1.82) is 0 Å². The minimum atomic E-state index is -1.59. The molecular weight excluding hydrogens is 464 g/mol. The molecule has 3 aliphatic heterocycles. The van der Waals surface area contributed by atoms with Gasteiger partial charge in [0, 0.05) is 50.9 Å². The lowest BCUT2D eigenvalue weighted by Gasteiger charge is -2.41. The van der Waals surface area contributed by atoms with E-state index in [2.05, 4.69) is 22.8 Å². The zero-order valence-corrected chi connectivity index (χ0v) is 20.8. The Labute approximate surface area is 211 Å². The van der Waals surface area contributed by atoms with Gasteiger partial charge in [-0.05, 0) is 69.4 Å². The van der Waals surface area contributed by atoms with Crippen LogP contribution < -0.4 is 10.6 Å². The van der Waals surface area contributed by atoms with E-state index < -0.39 is 17.6 Å². The maximum Gasteiger partial charge on any atom is 0.329 e. The van der Waals surface area contributed by atoms with E-state index in [4.69, 9.17) is 9.72 Å². The Balaban J connectivity index is 1.21. The number of nitrogens with one attached hydrogen (secondary N) is 2. The number of ether oxygens (including phenoxy) is 1. The Hall–Kier alpha value is -2.72. The van der Waals surface area contributed by atoms with Gasteiger partial charge in [-0.3, -0.25) is 9.59 Å². The third kappa shape index (κ3) is 6.53. The molecule has 2 fully saturated rings. The van der Waals surface area contributed by atoms with Crippen molar-refractivity contribution in [3.05, 3.63) is 23.4 Å². The van der Waals surface area contributed by atoms with Crippen LogP contribution in [0.4, 0.5) is 5.82 Å². The van der Waals surface area contributed by atoms with Crippen LogP contribution in [-0.2, 0) is 32.0 Å². The molecule has 4 heterocycles. The molecule has 1 aromatic rings. The summed E-state index contributed by atoms with van der Waals surface area (Å²) in [5, 5.41) is 26.7. The lowest BCUT2D eigenvalue weighted by molar-refractivity contribution is -0.156. The third-order valence-corrected chi connectivity index (χ3v) is 7.67. The largest absolute Gasteiger partial charge is 0.480 e. The van der Waals surface area contributed by atoms with Crippen LogP contribution in [0.5, 0.6) is 0 Å². The first-order chi connectivity index (χ1) is 17.4. The summed E-state index contributed by atoms with van der Waals surface area (Å²) >= 11 is 0. The van der Waals surface area contributed by atoms with Gasteiger partial charge in [0.15, 0.2) is 6.04 Å². The molecule has 198 valence electrons. The average Bonchev–Trinajstić information content (AvgIpc) is 2.90. The number of nitrogens with zero attached hydrogens (tertiary/aromatic N) is 2. The normalized spacial score (nSPS) is 20.6. The van der Waals surface area contributed by atoms with Crippen LogP contribution in [-0.4, -0.2) is 82.4 Å². The molecular formula is C26H38N4O6. The fourth-order valence-electron chi connectivity index (χ4n) is 5.33. The summed E-state index contributed by atoms with van der Waals surface area (Å²) in [6.45, 7) is 2.43. The van der Waals surface area contributed by atoms with Gasteiger partial charge < -0.3 is 30.5 Å². The third-order valence-electron chi connectivity index (χ3n) is 7.67. The number of fused-ring (bicyclic) bond motifs is 1. The molecule has 10 nitrogen and oxygen atoms in total. The highest BCUT2D eigenvalue weighted by atomic mass is 16.5. The highest BCUT2D eigenvalue weighted by molar-refractivity contribution is 5.86. The Morgan fingerprint density at radius 3 is 2.67 bits per heavy atom. The second kappa shape index (κ2) is 12.0. The second-order valence-electron chi connectivity index (χ2n) is 10.2. The van der Waals surface area contributed by atoms with E-state index in [-0.39, 0.29) is 43.7 Å². The molecule has 4 rings (SSSR count). The van der Waals surface area contributed by atoms with Crippen LogP contribution >= 0.6 is 0 Å². The van der Waals surface area contributed by atoms with Crippen molar-refractivity contribution >= 4 is 23.6 Å². The summed E-state index contributed by atoms with van der Waals surface area (Å²) in [5.41, 5.74) is 0.704. The van der Waals surface area contributed by atoms with E-state index >= 15 is 0 Å². The highest BCUT2D eigenvalue weighted by Gasteiger charge is 2.46. The summed E-state index contributed by atoms with van der Waals surface area (Å²) in [6.07, 6.45) is 6.30. The summed E-state index contributed by atoms with van der Waals surface area (Å²) in [6, 6.07) is 2.81. The van der Waals surface area contributed by atoms with Gasteiger partial charge in [-0.2, -0.15) is 0 Å². The molecule has 1 aromatic heterocycles. The molecule has 3 aliphatic rings. The molecule has 1 atom stereocenters. The number of likely N-dealkylation sites (tertiary alicyclic amines) is 1. The number of carbonyl (C=O) groups excluding carboxylic acids is 2. The zero-order valence-electron chi connectivity index (χ0n) is 20.8. The number of piperidine rings is 1. The number of carboxylic acids is 1. The molecule has 2 saturated heterocycles. The number of pyridine rings is 1. The van der Waals surface area contributed by atoms with E-state index in [1.165, 1.54) is 5.56 Å². The number of anilines is 1. The number of aromatic nitrogens is 1. The first-order valence-corrected chi connectivity index (χ1v) is 13.2. The smallest absolute Gasteiger partial charge is 0.329 e. The number of hydrogen-bond donors (Lipinski definition) is 4. The van der Waals surface area contributed by atoms with Crippen molar-refractivity contribution in [1.82, 2.24) is 15.2 Å². The monoisotopic (exact) mass is 502 g/mol. The van der Waals surface area contributed by atoms with Crippen molar-refractivity contribution < 1.29 is 29.3 Å². The highest BCUT2D eigenvalue weighted by Crippen LogP contribution is 2.28. The standard InChI is InChI=1S/C26H38N4O6/c31-21(6-2-1-5-20-8-7-18-4-3-13-27-23(18)28-20)30-14-11-26(35,12-15-30)22(25(33)34)29-24(32)19-9-16-36-17-10-19/h7-8,19,22,35H,1-6,9-17H2,(H,27,28)(H,29,32)(H,33,34). The van der Waals surface area contributed by atoms with E-state index in [0.29, 0.717) is 32.5 Å². The van der Waals surface area contributed by atoms with Crippen molar-refractivity contribution in [2.45, 2.75) is 75.9 Å². The molecule has 36 heavy (non-hydrogen) atoms. The zero-order chi connectivity index (χ0) is 25.5. The number of amides is 2. The summed E-state index contributed by atoms with van der Waals surface area (Å²) in [7, 11) is 0. The molecule has 0 saturated carbocycles. The van der Waals surface area contributed by atoms with Crippen molar-refractivity contribution in [2.75, 3.05) is 38.2 Å². The number of aliphatic hydroxyl groups is 1. The lowest BCUT2D eigenvalue weighted by atomic mass is 9.83. The Bertz CT molecular complexity index is 940. The Morgan fingerprint density at radius 2 is 1.94 bits per heavy atom. The number of aliphatic carboxylic acids is 1. The quantitative estimate of drug-likeness (QED) is 0.372. The predicted octanol–water partition coefficient (Wildman–Crippen LogP) is 1.50. The first kappa shape index (κ1) is 26.3. The fraction of sp³-hybridized carbons (Fsp3) is 0.692. The first-order valence-electron chi connectivity index (χ1n) is 13.2. The van der Waals surface area contributed by atoms with Crippen LogP contribution in [0, 0.1) is 5.92 Å². The SMILES string of the molecule is O=C(NC(C(=O)O)C1(O)CCN(C(=O)CCCCc2ccc3c(n2)NCCC3)CC1)C1CCOCC1. The minimum Gasteiger partial charge on any atom is -0.480 e. The van der Waals surface area contributed by atoms with Crippen molar-refractivity contribution in [2.24, 2.45) is 5.92 Å². The van der Waals surface area contributed by atoms with Gasteiger partial charge in [0.25, 0.3) is 0 Å². The van der Waals surface area contributed by atoms with Gasteiger partial charge in [0.1, 0.15) is 5.82 Å². The van der Waals surface area contributed by atoms with Gasteiger partial charge in [-0.1, -0.05) is 6.07 Å². The molecule has 4 N–H and O–H groups in total. The molecule has 0 aliphatic carbocycles. The average molecular weight is 503 g/mol. The van der Waals surface area contributed by atoms with E-state index in [0.717, 1.165) is 50.2 Å². The number of hydrogen-bond acceptors (Lipinski definition) is 7. The summed E-state index contributed by atoms with van der Waals surface area (Å²) in [5.74, 6) is -0.932. The molecule has 0 radical (unpaired) electrons. The van der Waals surface area contributed by atoms with E-state index in [1.54, 1.807) is 4.90 Å². The Morgan fingerprint density at radius 1 is 1.19 bits per heavy atom. The molecule has 0 spiro atoms. The number of unbranched alkanes of at least 4 members (excludes halogenated alkanes) is 1. The fourth-order valence-corrected chi connectivity index (χ4v) is 5.33. The number of aryl methyl sites for hydroxylation is 2. The van der Waals surface area contributed by atoms with Crippen LogP contribution in [0.2, 0.25) is 0 Å². The van der Waals surface area contributed by atoms with Crippen LogP contribution in [0.1, 0.15) is 62.6 Å². The van der Waals surface area contributed by atoms with Gasteiger partial charge >= 0.3 is 5.97 Å². The molecule has 10 heteroatoms. The van der Waals surface area contributed by atoms with Gasteiger partial charge in [-0.15, -0.1) is 0 Å². The van der Waals surface area contributed by atoms with Crippen LogP contribution in [0.25, 0.3) is 0 Å². The maximum atomic E-state index is 12.7. The van der Waals surface area contributed by atoms with Gasteiger partial charge in [-0.25, -0.2) is 9.78 Å². The second-order valence-corrected chi connectivity index (χ2v) is 10.2. The van der Waals surface area contributed by atoms with Crippen LogP contribution in [0.3, 0.4) is 0 Å². The number of rotatable bonds is 9. The molecule has 2 amide bonds. The molecule has 1 unspecified atom stereocenters. The van der Waals surface area contributed by atoms with Crippen molar-refractivity contribution in [3.63, 3.8) is 0 Å². The lowest BCUT2D eigenvalue weighted by Crippen LogP contribution is -2.62. The molecule has 0 aromatic carbocycles. The maximum absolute atomic E-state index is 12.7. The number of carboxylic acid groups (broad SMARTS) is 1. The van der Waals surface area contributed by atoms with Gasteiger partial charge in [0.2, 0.25) is 11.8 Å². The minimum absolute atomic E-state index is 0.00947. The Kier molecular flexibility index (Phi) is 8.79. The molecule has 0 bridgehead atoms. The van der Waals surface area contributed by atoms with E-state index in [9.17, 15) is 24.6 Å².